The highest BCUT2D eigenvalue weighted by molar-refractivity contribution is 6.01. The molecular weight excluding hydrogens is 232 g/mol. The molecule has 0 aliphatic rings. The van der Waals surface area contributed by atoms with Gasteiger partial charge in [-0.05, 0) is 12.1 Å². The lowest BCUT2D eigenvalue weighted by Gasteiger charge is -2.05. The van der Waals surface area contributed by atoms with Gasteiger partial charge in [0.25, 0.3) is 0 Å². The Balaban J connectivity index is 0. The van der Waals surface area contributed by atoms with Gasteiger partial charge in [-0.25, -0.2) is 4.79 Å². The second-order valence-corrected chi connectivity index (χ2v) is 2.55. The Kier molecular flexibility index (Phi) is 8.85. The zero-order valence-corrected chi connectivity index (χ0v) is 9.54. The number of carbonyl (C=O) groups excluding carboxylic acids is 1. The predicted octanol–water partition coefficient (Wildman–Crippen LogP) is 0.350. The van der Waals surface area contributed by atoms with Crippen molar-refractivity contribution in [1.82, 2.24) is 5.32 Å². The highest BCUT2D eigenvalue weighted by Crippen LogP contribution is 2.03. The standard InChI is InChI=1S/C9H12N4O.ClH.H2O/c1-11-8(10)13-9(14)12-7-5-3-2-4-6-7;;/h2-6H,1H3,(H4,10,11,12,13,14);1H;1H2. The second-order valence-electron chi connectivity index (χ2n) is 2.55. The molecule has 0 heterocycles. The molecule has 0 aromatic heterocycles. The second kappa shape index (κ2) is 8.51. The molecule has 0 bridgehead atoms. The molecule has 0 fully saturated rings. The Morgan fingerprint density at radius 1 is 1.31 bits per heavy atom. The molecule has 2 amide bonds. The maximum absolute atomic E-state index is 11.2. The number of nitrogens with two attached hydrogens (primary N) is 1. The minimum Gasteiger partial charge on any atom is -0.412 e. The van der Waals surface area contributed by atoms with Crippen molar-refractivity contribution in [2.75, 3.05) is 12.4 Å². The van der Waals surface area contributed by atoms with Gasteiger partial charge < -0.3 is 16.5 Å². The SMILES string of the molecule is CN=C(N)NC(=O)Nc1ccccc1.Cl.O. The Morgan fingerprint density at radius 3 is 2.38 bits per heavy atom. The fourth-order valence-electron chi connectivity index (χ4n) is 0.856. The molecule has 7 heteroatoms. The van der Waals surface area contributed by atoms with E-state index in [-0.39, 0.29) is 23.8 Å². The molecule has 6 nitrogen and oxygen atoms in total. The van der Waals surface area contributed by atoms with Crippen molar-refractivity contribution in [3.8, 4) is 0 Å². The van der Waals surface area contributed by atoms with E-state index in [0.717, 1.165) is 0 Å². The van der Waals surface area contributed by atoms with Gasteiger partial charge in [-0.2, -0.15) is 0 Å². The summed E-state index contributed by atoms with van der Waals surface area (Å²) in [6.07, 6.45) is 0. The Morgan fingerprint density at radius 2 is 1.88 bits per heavy atom. The van der Waals surface area contributed by atoms with Gasteiger partial charge in [0, 0.05) is 12.7 Å². The number of aliphatic imine (C=N–C) groups is 1. The largest absolute Gasteiger partial charge is 0.412 e. The Labute approximate surface area is 99.7 Å². The van der Waals surface area contributed by atoms with Crippen molar-refractivity contribution in [2.24, 2.45) is 10.7 Å². The van der Waals surface area contributed by atoms with Gasteiger partial charge in [0.15, 0.2) is 5.96 Å². The van der Waals surface area contributed by atoms with E-state index in [1.807, 2.05) is 18.2 Å². The third kappa shape index (κ3) is 5.84. The van der Waals surface area contributed by atoms with Crippen LogP contribution in [0.4, 0.5) is 10.5 Å². The summed E-state index contributed by atoms with van der Waals surface area (Å²) in [6, 6.07) is 8.67. The van der Waals surface area contributed by atoms with Gasteiger partial charge in [-0.3, -0.25) is 10.3 Å². The number of guanidine groups is 1. The summed E-state index contributed by atoms with van der Waals surface area (Å²) in [6.45, 7) is 0. The van der Waals surface area contributed by atoms with Crippen LogP contribution in [-0.2, 0) is 0 Å². The maximum atomic E-state index is 11.2. The van der Waals surface area contributed by atoms with Gasteiger partial charge in [-0.15, -0.1) is 12.4 Å². The summed E-state index contributed by atoms with van der Waals surface area (Å²) in [7, 11) is 1.50. The van der Waals surface area contributed by atoms with Gasteiger partial charge in [0.2, 0.25) is 0 Å². The number of benzene rings is 1. The van der Waals surface area contributed by atoms with E-state index in [0.29, 0.717) is 5.69 Å². The molecule has 1 aromatic rings. The van der Waals surface area contributed by atoms with Crippen molar-refractivity contribution in [2.45, 2.75) is 0 Å². The number of carbonyl (C=O) groups is 1. The molecule has 0 spiro atoms. The molecule has 0 saturated carbocycles. The first-order chi connectivity index (χ1) is 6.72. The number of halogens is 1. The van der Waals surface area contributed by atoms with Crippen LogP contribution in [0.5, 0.6) is 0 Å². The van der Waals surface area contributed by atoms with Crippen LogP contribution in [0.25, 0.3) is 0 Å². The van der Waals surface area contributed by atoms with Crippen molar-refractivity contribution in [3.05, 3.63) is 30.3 Å². The summed E-state index contributed by atoms with van der Waals surface area (Å²) < 4.78 is 0. The molecule has 0 aliphatic heterocycles. The quantitative estimate of drug-likeness (QED) is 0.491. The smallest absolute Gasteiger partial charge is 0.325 e. The first kappa shape index (κ1) is 16.6. The van der Waals surface area contributed by atoms with Crippen molar-refractivity contribution in [1.29, 1.82) is 0 Å². The summed E-state index contributed by atoms with van der Waals surface area (Å²) in [4.78, 5) is 14.8. The highest BCUT2D eigenvalue weighted by Gasteiger charge is 2.00. The fraction of sp³-hybridized carbons (Fsp3) is 0.111. The predicted molar refractivity (Wildman–Crippen MR) is 67.0 cm³/mol. The van der Waals surface area contributed by atoms with Crippen LogP contribution >= 0.6 is 12.4 Å². The number of amides is 2. The topological polar surface area (TPSA) is 111 Å². The van der Waals surface area contributed by atoms with Crippen LogP contribution in [0.15, 0.2) is 35.3 Å². The summed E-state index contributed by atoms with van der Waals surface area (Å²) >= 11 is 0. The van der Waals surface area contributed by atoms with Crippen LogP contribution < -0.4 is 16.4 Å². The van der Waals surface area contributed by atoms with E-state index in [9.17, 15) is 4.79 Å². The molecule has 1 aromatic carbocycles. The van der Waals surface area contributed by atoms with E-state index >= 15 is 0 Å². The van der Waals surface area contributed by atoms with Crippen LogP contribution in [0.3, 0.4) is 0 Å². The lowest BCUT2D eigenvalue weighted by Crippen LogP contribution is -2.39. The highest BCUT2D eigenvalue weighted by atomic mass is 35.5. The minimum atomic E-state index is -0.403. The molecular formula is C9H15ClN4O2. The number of nitrogens with zero attached hydrogens (tertiary/aromatic N) is 1. The number of rotatable bonds is 1. The average molecular weight is 247 g/mol. The monoisotopic (exact) mass is 246 g/mol. The molecule has 0 atom stereocenters. The first-order valence-electron chi connectivity index (χ1n) is 4.07. The third-order valence-electron chi connectivity index (χ3n) is 1.51. The minimum absolute atomic E-state index is 0. The van der Waals surface area contributed by atoms with Crippen molar-refractivity contribution < 1.29 is 10.3 Å². The average Bonchev–Trinajstić information content (AvgIpc) is 2.19. The molecule has 6 N–H and O–H groups in total. The molecule has 0 aliphatic carbocycles. The molecule has 90 valence electrons. The molecule has 16 heavy (non-hydrogen) atoms. The lowest BCUT2D eigenvalue weighted by atomic mass is 10.3. The van der Waals surface area contributed by atoms with Crippen LogP contribution in [0.1, 0.15) is 0 Å². The van der Waals surface area contributed by atoms with Crippen molar-refractivity contribution in [3.63, 3.8) is 0 Å². The third-order valence-corrected chi connectivity index (χ3v) is 1.51. The van der Waals surface area contributed by atoms with E-state index < -0.39 is 6.03 Å². The van der Waals surface area contributed by atoms with Crippen molar-refractivity contribution >= 4 is 30.1 Å². The van der Waals surface area contributed by atoms with Gasteiger partial charge in [0.1, 0.15) is 0 Å². The maximum Gasteiger partial charge on any atom is 0.325 e. The summed E-state index contributed by atoms with van der Waals surface area (Å²) in [5, 5.41) is 4.95. The van der Waals surface area contributed by atoms with Gasteiger partial charge in [0.05, 0.1) is 0 Å². The Bertz CT molecular complexity index is 343. The van der Waals surface area contributed by atoms with E-state index in [1.165, 1.54) is 7.05 Å². The summed E-state index contributed by atoms with van der Waals surface area (Å²) in [5.74, 6) is 0.0819. The zero-order chi connectivity index (χ0) is 10.4. The van der Waals surface area contributed by atoms with Gasteiger partial charge in [-0.1, -0.05) is 18.2 Å². The van der Waals surface area contributed by atoms with Crippen LogP contribution in [-0.4, -0.2) is 24.5 Å². The van der Waals surface area contributed by atoms with E-state index in [2.05, 4.69) is 15.6 Å². The number of para-hydroxylation sites is 1. The molecule has 0 unspecified atom stereocenters. The summed E-state index contributed by atoms with van der Waals surface area (Å²) in [5.41, 5.74) is 6.01. The van der Waals surface area contributed by atoms with Crippen LogP contribution in [0.2, 0.25) is 0 Å². The normalized spacial score (nSPS) is 9.44. The fourth-order valence-corrected chi connectivity index (χ4v) is 0.856. The van der Waals surface area contributed by atoms with E-state index in [1.54, 1.807) is 12.1 Å². The number of hydrogen-bond acceptors (Lipinski definition) is 2. The van der Waals surface area contributed by atoms with E-state index in [4.69, 9.17) is 5.73 Å². The lowest BCUT2D eigenvalue weighted by molar-refractivity contribution is 0.256. The molecule has 0 radical (unpaired) electrons. The van der Waals surface area contributed by atoms with Gasteiger partial charge >= 0.3 is 6.03 Å². The molecule has 0 saturated heterocycles. The molecule has 1 rings (SSSR count). The first-order valence-corrected chi connectivity index (χ1v) is 4.07. The number of anilines is 1. The Hall–Kier alpha value is -1.79. The van der Waals surface area contributed by atoms with Crippen LogP contribution in [0, 0.1) is 0 Å². The number of urea groups is 1. The zero-order valence-electron chi connectivity index (χ0n) is 8.73. The number of hydrogen-bond donors (Lipinski definition) is 3. The number of nitrogens with one attached hydrogen (secondary N) is 2.